The molecule has 112 valence electrons. The Morgan fingerprint density at radius 2 is 1.90 bits per heavy atom. The molecule has 0 aliphatic heterocycles. The summed E-state index contributed by atoms with van der Waals surface area (Å²) < 4.78 is 0. The summed E-state index contributed by atoms with van der Waals surface area (Å²) in [6.07, 6.45) is 1.14. The lowest BCUT2D eigenvalue weighted by Crippen LogP contribution is -2.04. The fraction of sp³-hybridized carbons (Fsp3) is 0.412. The van der Waals surface area contributed by atoms with Gasteiger partial charge in [-0.1, -0.05) is 39.8 Å². The molecule has 3 nitrogen and oxygen atoms in total. The van der Waals surface area contributed by atoms with Crippen LogP contribution in [0.25, 0.3) is 11.3 Å². The predicted octanol–water partition coefficient (Wildman–Crippen LogP) is 5.17. The van der Waals surface area contributed by atoms with E-state index in [9.17, 15) is 0 Å². The first-order valence-electron chi connectivity index (χ1n) is 7.39. The first-order valence-corrected chi connectivity index (χ1v) is 8.27. The van der Waals surface area contributed by atoms with Crippen LogP contribution in [-0.4, -0.2) is 11.5 Å². The highest BCUT2D eigenvalue weighted by molar-refractivity contribution is 7.14. The number of nitrogens with one attached hydrogen (secondary N) is 1. The molecule has 0 atom stereocenters. The van der Waals surface area contributed by atoms with E-state index < -0.39 is 0 Å². The van der Waals surface area contributed by atoms with Crippen LogP contribution >= 0.6 is 11.3 Å². The topological polar surface area (TPSA) is 48.7 Å². The maximum atomic E-state index is 8.77. The van der Waals surface area contributed by atoms with Crippen molar-refractivity contribution in [3.63, 3.8) is 0 Å². The number of nitriles is 1. The quantitative estimate of drug-likeness (QED) is 0.829. The number of hydrogen-bond acceptors (Lipinski definition) is 4. The third-order valence-electron chi connectivity index (χ3n) is 2.81. The fourth-order valence-electron chi connectivity index (χ4n) is 1.67. The molecule has 1 aromatic carbocycles. The van der Waals surface area contributed by atoms with Crippen LogP contribution in [0.2, 0.25) is 0 Å². The van der Waals surface area contributed by atoms with Gasteiger partial charge in [0, 0.05) is 17.5 Å². The average Bonchev–Trinajstić information content (AvgIpc) is 2.98. The van der Waals surface area contributed by atoms with Crippen molar-refractivity contribution in [3.05, 3.63) is 35.2 Å². The molecule has 0 fully saturated rings. The van der Waals surface area contributed by atoms with Crippen molar-refractivity contribution in [2.45, 2.75) is 34.1 Å². The van der Waals surface area contributed by atoms with Gasteiger partial charge in [0.05, 0.1) is 17.3 Å². The van der Waals surface area contributed by atoms with Gasteiger partial charge in [-0.05, 0) is 24.5 Å². The van der Waals surface area contributed by atoms with Crippen LogP contribution in [0.15, 0.2) is 29.6 Å². The average molecular weight is 301 g/mol. The smallest absolute Gasteiger partial charge is 0.183 e. The first kappa shape index (κ1) is 17.2. The van der Waals surface area contributed by atoms with Crippen molar-refractivity contribution < 1.29 is 0 Å². The molecule has 0 unspecified atom stereocenters. The Bertz CT molecular complexity index is 564. The monoisotopic (exact) mass is 301 g/mol. The van der Waals surface area contributed by atoms with Gasteiger partial charge in [0.25, 0.3) is 0 Å². The van der Waals surface area contributed by atoms with E-state index in [4.69, 9.17) is 5.26 Å². The highest BCUT2D eigenvalue weighted by atomic mass is 32.1. The summed E-state index contributed by atoms with van der Waals surface area (Å²) in [5.74, 6) is 0.699. The maximum Gasteiger partial charge on any atom is 0.183 e. The molecule has 2 rings (SSSR count). The largest absolute Gasteiger partial charge is 0.361 e. The molecule has 21 heavy (non-hydrogen) atoms. The standard InChI is InChI=1S/C15H17N3S.C2H6/c1-11(2)7-8-17-15-18-14(10-19-15)13-5-3-12(9-16)4-6-13;1-2/h3-6,10-11H,7-8H2,1-2H3,(H,17,18);1-2H3. The number of anilines is 1. The molecule has 0 spiro atoms. The number of nitrogens with zero attached hydrogens (tertiary/aromatic N) is 2. The molecule has 1 heterocycles. The molecule has 2 aromatic rings. The minimum absolute atomic E-state index is 0.675. The SMILES string of the molecule is CC.CC(C)CCNc1nc(-c2ccc(C#N)cc2)cs1. The van der Waals surface area contributed by atoms with Gasteiger partial charge in [-0.3, -0.25) is 0 Å². The minimum Gasteiger partial charge on any atom is -0.361 e. The third-order valence-corrected chi connectivity index (χ3v) is 3.61. The minimum atomic E-state index is 0.675. The molecule has 4 heteroatoms. The van der Waals surface area contributed by atoms with E-state index in [2.05, 4.69) is 30.2 Å². The lowest BCUT2D eigenvalue weighted by molar-refractivity contribution is 0.607. The van der Waals surface area contributed by atoms with E-state index in [-0.39, 0.29) is 0 Å². The molecule has 0 amide bonds. The third kappa shape index (κ3) is 5.57. The van der Waals surface area contributed by atoms with Gasteiger partial charge in [-0.15, -0.1) is 11.3 Å². The van der Waals surface area contributed by atoms with Crippen molar-refractivity contribution in [2.75, 3.05) is 11.9 Å². The van der Waals surface area contributed by atoms with E-state index in [0.29, 0.717) is 11.5 Å². The molecule has 0 bridgehead atoms. The second kappa shape index (κ2) is 9.15. The van der Waals surface area contributed by atoms with Crippen LogP contribution in [0, 0.1) is 17.2 Å². The maximum absolute atomic E-state index is 8.77. The van der Waals surface area contributed by atoms with Crippen LogP contribution in [-0.2, 0) is 0 Å². The van der Waals surface area contributed by atoms with Gasteiger partial charge in [-0.25, -0.2) is 4.98 Å². The van der Waals surface area contributed by atoms with Crippen molar-refractivity contribution in [3.8, 4) is 17.3 Å². The van der Waals surface area contributed by atoms with E-state index in [1.54, 1.807) is 11.3 Å². The molecule has 0 aliphatic carbocycles. The van der Waals surface area contributed by atoms with Gasteiger partial charge in [0.1, 0.15) is 0 Å². The summed E-state index contributed by atoms with van der Waals surface area (Å²) in [6, 6.07) is 9.63. The van der Waals surface area contributed by atoms with E-state index >= 15 is 0 Å². The first-order chi connectivity index (χ1) is 10.2. The van der Waals surface area contributed by atoms with Gasteiger partial charge < -0.3 is 5.32 Å². The van der Waals surface area contributed by atoms with Crippen molar-refractivity contribution in [1.29, 1.82) is 5.26 Å². The predicted molar refractivity (Wildman–Crippen MR) is 91.6 cm³/mol. The van der Waals surface area contributed by atoms with Crippen molar-refractivity contribution >= 4 is 16.5 Å². The van der Waals surface area contributed by atoms with Gasteiger partial charge in [0.15, 0.2) is 5.13 Å². The molecule has 0 saturated carbocycles. The highest BCUT2D eigenvalue weighted by Gasteiger charge is 2.04. The summed E-state index contributed by atoms with van der Waals surface area (Å²) in [6.45, 7) is 9.38. The lowest BCUT2D eigenvalue weighted by atomic mass is 10.1. The van der Waals surface area contributed by atoms with Gasteiger partial charge >= 0.3 is 0 Å². The zero-order valence-electron chi connectivity index (χ0n) is 13.2. The molecular weight excluding hydrogens is 278 g/mol. The fourth-order valence-corrected chi connectivity index (χ4v) is 2.42. The molecule has 0 radical (unpaired) electrons. The van der Waals surface area contributed by atoms with E-state index in [0.717, 1.165) is 29.4 Å². The summed E-state index contributed by atoms with van der Waals surface area (Å²) in [4.78, 5) is 4.56. The Morgan fingerprint density at radius 3 is 2.48 bits per heavy atom. The summed E-state index contributed by atoms with van der Waals surface area (Å²) in [5, 5.41) is 15.1. The van der Waals surface area contributed by atoms with Crippen LogP contribution in [0.4, 0.5) is 5.13 Å². The molecule has 0 aliphatic rings. The number of hydrogen-bond donors (Lipinski definition) is 1. The Balaban J connectivity index is 0.00000106. The van der Waals surface area contributed by atoms with Gasteiger partial charge in [-0.2, -0.15) is 5.26 Å². The Labute approximate surface area is 131 Å². The molecule has 1 aromatic heterocycles. The molecule has 0 saturated heterocycles. The number of thiazole rings is 1. The normalized spacial score (nSPS) is 9.71. The van der Waals surface area contributed by atoms with Crippen LogP contribution < -0.4 is 5.32 Å². The van der Waals surface area contributed by atoms with Crippen molar-refractivity contribution in [1.82, 2.24) is 4.98 Å². The Morgan fingerprint density at radius 1 is 1.24 bits per heavy atom. The van der Waals surface area contributed by atoms with Gasteiger partial charge in [0.2, 0.25) is 0 Å². The van der Waals surface area contributed by atoms with E-state index in [1.165, 1.54) is 0 Å². The van der Waals surface area contributed by atoms with Crippen molar-refractivity contribution in [2.24, 2.45) is 5.92 Å². The number of benzene rings is 1. The lowest BCUT2D eigenvalue weighted by Gasteiger charge is -2.04. The number of rotatable bonds is 5. The molecule has 1 N–H and O–H groups in total. The molecular formula is C17H23N3S. The Kier molecular flexibility index (Phi) is 7.49. The summed E-state index contributed by atoms with van der Waals surface area (Å²) >= 11 is 1.62. The van der Waals surface area contributed by atoms with Crippen LogP contribution in [0.3, 0.4) is 0 Å². The van der Waals surface area contributed by atoms with Crippen LogP contribution in [0.1, 0.15) is 39.7 Å². The Hall–Kier alpha value is -1.86. The zero-order valence-corrected chi connectivity index (χ0v) is 14.0. The second-order valence-corrected chi connectivity index (χ2v) is 5.69. The summed E-state index contributed by atoms with van der Waals surface area (Å²) in [5.41, 5.74) is 2.68. The number of aromatic nitrogens is 1. The summed E-state index contributed by atoms with van der Waals surface area (Å²) in [7, 11) is 0. The zero-order chi connectivity index (χ0) is 15.7. The highest BCUT2D eigenvalue weighted by Crippen LogP contribution is 2.25. The van der Waals surface area contributed by atoms with Crippen LogP contribution in [0.5, 0.6) is 0 Å². The van der Waals surface area contributed by atoms with E-state index in [1.807, 2.05) is 43.5 Å². The second-order valence-electron chi connectivity index (χ2n) is 4.84.